The molecule has 0 aliphatic rings. The van der Waals surface area contributed by atoms with E-state index in [0.717, 1.165) is 12.8 Å². The van der Waals surface area contributed by atoms with Crippen molar-refractivity contribution in [3.8, 4) is 6.07 Å². The average molecular weight is 251 g/mol. The summed E-state index contributed by atoms with van der Waals surface area (Å²) in [5, 5.41) is 18.9. The molecule has 0 aromatic rings. The molecule has 0 spiro atoms. The molecule has 1 N–H and O–H groups in total. The standard InChI is InChI=1S/C15H25NO2/c1-6-14(4,7-2)12(17)11-13(18)15(5,8-3)9-10-16/h11,17H,6-9H2,1-5H3/b12-11-. The lowest BCUT2D eigenvalue weighted by atomic mass is 9.77. The van der Waals surface area contributed by atoms with Crippen LogP contribution in [0.25, 0.3) is 0 Å². The Hall–Kier alpha value is -1.30. The minimum atomic E-state index is -0.689. The molecule has 0 aliphatic heterocycles. The third-order valence-corrected chi connectivity index (χ3v) is 4.29. The number of carbonyl (C=O) groups excluding carboxylic acids is 1. The normalized spacial score (nSPS) is 15.9. The Morgan fingerprint density at radius 1 is 1.17 bits per heavy atom. The van der Waals surface area contributed by atoms with E-state index in [-0.39, 0.29) is 23.4 Å². The second-order valence-electron chi connectivity index (χ2n) is 5.41. The molecule has 1 atom stereocenters. The Morgan fingerprint density at radius 3 is 1.94 bits per heavy atom. The van der Waals surface area contributed by atoms with E-state index in [4.69, 9.17) is 5.26 Å². The van der Waals surface area contributed by atoms with E-state index in [2.05, 4.69) is 0 Å². The SMILES string of the molecule is CCC(C)(CC#N)C(=O)/C=C(\O)C(C)(CC)CC. The van der Waals surface area contributed by atoms with Gasteiger partial charge in [0.05, 0.1) is 6.07 Å². The number of nitrogens with zero attached hydrogens (tertiary/aromatic N) is 1. The molecule has 0 aliphatic carbocycles. The second-order valence-corrected chi connectivity index (χ2v) is 5.41. The molecule has 0 aromatic heterocycles. The van der Waals surface area contributed by atoms with Crippen LogP contribution in [0.3, 0.4) is 0 Å². The smallest absolute Gasteiger partial charge is 0.165 e. The molecule has 3 heteroatoms. The predicted molar refractivity (Wildman–Crippen MR) is 73.0 cm³/mol. The first kappa shape index (κ1) is 16.7. The van der Waals surface area contributed by atoms with E-state index >= 15 is 0 Å². The van der Waals surface area contributed by atoms with Crippen LogP contribution in [0.4, 0.5) is 0 Å². The van der Waals surface area contributed by atoms with Gasteiger partial charge in [0.15, 0.2) is 5.78 Å². The number of rotatable bonds is 7. The van der Waals surface area contributed by atoms with Crippen molar-refractivity contribution in [2.45, 2.75) is 60.3 Å². The molecular formula is C15H25NO2. The molecule has 0 saturated carbocycles. The summed E-state index contributed by atoms with van der Waals surface area (Å²) in [6, 6.07) is 2.05. The molecule has 0 fully saturated rings. The number of aliphatic hydroxyl groups is 1. The summed E-state index contributed by atoms with van der Waals surface area (Å²) in [4.78, 5) is 12.2. The number of hydrogen-bond acceptors (Lipinski definition) is 3. The highest BCUT2D eigenvalue weighted by Crippen LogP contribution is 2.34. The van der Waals surface area contributed by atoms with Gasteiger partial charge in [-0.15, -0.1) is 0 Å². The third kappa shape index (κ3) is 3.60. The molecular weight excluding hydrogens is 226 g/mol. The van der Waals surface area contributed by atoms with Crippen molar-refractivity contribution in [2.75, 3.05) is 0 Å². The summed E-state index contributed by atoms with van der Waals surface area (Å²) in [6.07, 6.45) is 3.66. The highest BCUT2D eigenvalue weighted by Gasteiger charge is 2.32. The summed E-state index contributed by atoms with van der Waals surface area (Å²) in [6.45, 7) is 9.59. The Bertz CT molecular complexity index is 361. The number of allylic oxidation sites excluding steroid dienone is 2. The fourth-order valence-corrected chi connectivity index (χ4v) is 1.65. The van der Waals surface area contributed by atoms with Crippen LogP contribution in [0.15, 0.2) is 11.8 Å². The molecule has 0 amide bonds. The van der Waals surface area contributed by atoms with E-state index in [9.17, 15) is 9.90 Å². The monoisotopic (exact) mass is 251 g/mol. The number of hydrogen-bond donors (Lipinski definition) is 1. The topological polar surface area (TPSA) is 61.1 Å². The maximum Gasteiger partial charge on any atom is 0.165 e. The molecule has 1 unspecified atom stereocenters. The zero-order valence-electron chi connectivity index (χ0n) is 12.2. The van der Waals surface area contributed by atoms with Gasteiger partial charge in [-0.3, -0.25) is 4.79 Å². The molecule has 0 aromatic carbocycles. The number of nitriles is 1. The summed E-state index contributed by atoms with van der Waals surface area (Å²) >= 11 is 0. The maximum absolute atomic E-state index is 12.2. The van der Waals surface area contributed by atoms with Crippen LogP contribution in [0.2, 0.25) is 0 Å². The molecule has 0 saturated heterocycles. The molecule has 0 heterocycles. The van der Waals surface area contributed by atoms with Gasteiger partial charge < -0.3 is 5.11 Å². The summed E-state index contributed by atoms with van der Waals surface area (Å²) in [5.74, 6) is -0.0210. The first-order chi connectivity index (χ1) is 8.29. The van der Waals surface area contributed by atoms with Gasteiger partial charge in [0, 0.05) is 23.3 Å². The molecule has 102 valence electrons. The van der Waals surface area contributed by atoms with Gasteiger partial charge in [0.25, 0.3) is 0 Å². The molecule has 18 heavy (non-hydrogen) atoms. The van der Waals surface area contributed by atoms with Crippen molar-refractivity contribution in [1.82, 2.24) is 0 Å². The van der Waals surface area contributed by atoms with E-state index in [1.165, 1.54) is 6.08 Å². The minimum absolute atomic E-state index is 0.134. The van der Waals surface area contributed by atoms with E-state index in [0.29, 0.717) is 6.42 Å². The molecule has 3 nitrogen and oxygen atoms in total. The fourth-order valence-electron chi connectivity index (χ4n) is 1.65. The largest absolute Gasteiger partial charge is 0.512 e. The highest BCUT2D eigenvalue weighted by atomic mass is 16.3. The number of carbonyl (C=O) groups is 1. The van der Waals surface area contributed by atoms with Crippen molar-refractivity contribution in [2.24, 2.45) is 10.8 Å². The van der Waals surface area contributed by atoms with Gasteiger partial charge in [-0.25, -0.2) is 0 Å². The predicted octanol–water partition coefficient (Wildman–Crippen LogP) is 4.15. The Labute approximate surface area is 111 Å². The van der Waals surface area contributed by atoms with Crippen LogP contribution in [0.1, 0.15) is 60.3 Å². The van der Waals surface area contributed by atoms with Crippen LogP contribution in [0.5, 0.6) is 0 Å². The lowest BCUT2D eigenvalue weighted by molar-refractivity contribution is -0.123. The third-order valence-electron chi connectivity index (χ3n) is 4.29. The van der Waals surface area contributed by atoms with Crippen molar-refractivity contribution in [3.63, 3.8) is 0 Å². The molecule has 0 rings (SSSR count). The summed E-state index contributed by atoms with van der Waals surface area (Å²) in [7, 11) is 0. The quantitative estimate of drug-likeness (QED) is 0.546. The minimum Gasteiger partial charge on any atom is -0.512 e. The van der Waals surface area contributed by atoms with Gasteiger partial charge in [0.2, 0.25) is 0 Å². The van der Waals surface area contributed by atoms with Gasteiger partial charge in [-0.2, -0.15) is 5.26 Å². The molecule has 0 radical (unpaired) electrons. The van der Waals surface area contributed by atoms with Crippen LogP contribution >= 0.6 is 0 Å². The highest BCUT2D eigenvalue weighted by molar-refractivity contribution is 5.95. The first-order valence-corrected chi connectivity index (χ1v) is 6.62. The van der Waals surface area contributed by atoms with Crippen molar-refractivity contribution in [3.05, 3.63) is 11.8 Å². The summed E-state index contributed by atoms with van der Waals surface area (Å²) < 4.78 is 0. The van der Waals surface area contributed by atoms with E-state index in [1.54, 1.807) is 6.92 Å². The lowest BCUT2D eigenvalue weighted by Crippen LogP contribution is -2.27. The second kappa shape index (κ2) is 6.58. The van der Waals surface area contributed by atoms with Crippen molar-refractivity contribution < 1.29 is 9.90 Å². The Balaban J connectivity index is 5.20. The van der Waals surface area contributed by atoms with Crippen LogP contribution in [0, 0.1) is 22.2 Å². The van der Waals surface area contributed by atoms with Crippen molar-refractivity contribution in [1.29, 1.82) is 5.26 Å². The number of ketones is 1. The zero-order valence-corrected chi connectivity index (χ0v) is 12.2. The first-order valence-electron chi connectivity index (χ1n) is 6.62. The summed E-state index contributed by atoms with van der Waals surface area (Å²) in [5.41, 5.74) is -1.04. The van der Waals surface area contributed by atoms with Crippen LogP contribution in [-0.4, -0.2) is 10.9 Å². The maximum atomic E-state index is 12.2. The van der Waals surface area contributed by atoms with Gasteiger partial charge >= 0.3 is 0 Å². The van der Waals surface area contributed by atoms with Crippen LogP contribution in [-0.2, 0) is 4.79 Å². The Morgan fingerprint density at radius 2 is 1.61 bits per heavy atom. The van der Waals surface area contributed by atoms with Crippen molar-refractivity contribution >= 4 is 5.78 Å². The van der Waals surface area contributed by atoms with Crippen LogP contribution < -0.4 is 0 Å². The lowest BCUT2D eigenvalue weighted by Gasteiger charge is -2.27. The molecule has 0 bridgehead atoms. The van der Waals surface area contributed by atoms with E-state index < -0.39 is 5.41 Å². The van der Waals surface area contributed by atoms with Gasteiger partial charge in [-0.1, -0.05) is 34.6 Å². The zero-order chi connectivity index (χ0) is 14.4. The Kier molecular flexibility index (Phi) is 6.11. The van der Waals surface area contributed by atoms with E-state index in [1.807, 2.05) is 33.8 Å². The van der Waals surface area contributed by atoms with Gasteiger partial charge in [0.1, 0.15) is 5.76 Å². The average Bonchev–Trinajstić information content (AvgIpc) is 2.37. The van der Waals surface area contributed by atoms with Gasteiger partial charge in [-0.05, 0) is 19.3 Å². The fraction of sp³-hybridized carbons (Fsp3) is 0.733. The number of aliphatic hydroxyl groups excluding tert-OH is 1.